The van der Waals surface area contributed by atoms with E-state index in [1.165, 1.54) is 0 Å². The average Bonchev–Trinajstić information content (AvgIpc) is 2.04. The van der Waals surface area contributed by atoms with Gasteiger partial charge in [0.2, 0.25) is 0 Å². The van der Waals surface area contributed by atoms with Crippen molar-refractivity contribution >= 4 is 5.91 Å². The molecule has 4 heteroatoms. The maximum absolute atomic E-state index is 11.4. The van der Waals surface area contributed by atoms with E-state index in [9.17, 15) is 4.79 Å². The Morgan fingerprint density at radius 3 is 2.38 bits per heavy atom. The number of hydrazine groups is 1. The van der Waals surface area contributed by atoms with Crippen LogP contribution in [0.25, 0.3) is 0 Å². The molecule has 0 aliphatic carbocycles. The number of nitrogens with two attached hydrogens (primary N) is 1. The monoisotopic (exact) mass is 187 g/mol. The first-order valence-corrected chi connectivity index (χ1v) is 4.75. The zero-order chi connectivity index (χ0) is 10.4. The quantitative estimate of drug-likeness (QED) is 0.371. The van der Waals surface area contributed by atoms with E-state index in [0.29, 0.717) is 0 Å². The molecule has 0 aromatic heterocycles. The van der Waals surface area contributed by atoms with Crippen molar-refractivity contribution in [3.05, 3.63) is 0 Å². The van der Waals surface area contributed by atoms with Gasteiger partial charge in [-0.25, -0.2) is 5.84 Å². The van der Waals surface area contributed by atoms with Gasteiger partial charge in [0.25, 0.3) is 5.91 Å². The summed E-state index contributed by atoms with van der Waals surface area (Å²) in [4.78, 5) is 13.4. The van der Waals surface area contributed by atoms with Gasteiger partial charge in [-0.05, 0) is 25.9 Å². The van der Waals surface area contributed by atoms with E-state index < -0.39 is 0 Å². The largest absolute Gasteiger partial charge is 0.295 e. The molecule has 1 unspecified atom stereocenters. The molecule has 13 heavy (non-hydrogen) atoms. The molecule has 0 aliphatic heterocycles. The van der Waals surface area contributed by atoms with Crippen molar-refractivity contribution < 1.29 is 4.79 Å². The van der Waals surface area contributed by atoms with Crippen LogP contribution in [0, 0.1) is 5.92 Å². The van der Waals surface area contributed by atoms with Gasteiger partial charge < -0.3 is 0 Å². The summed E-state index contributed by atoms with van der Waals surface area (Å²) in [5.41, 5.74) is 2.21. The molecule has 0 rings (SSSR count). The predicted octanol–water partition coefficient (Wildman–Crippen LogP) is 0.343. The van der Waals surface area contributed by atoms with Gasteiger partial charge in [-0.15, -0.1) is 0 Å². The molecule has 0 fully saturated rings. The summed E-state index contributed by atoms with van der Waals surface area (Å²) in [7, 11) is 1.95. The Kier molecular flexibility index (Phi) is 5.66. The molecular formula is C9H21N3O. The molecule has 0 saturated carbocycles. The van der Waals surface area contributed by atoms with Gasteiger partial charge in [-0.3, -0.25) is 15.1 Å². The minimum Gasteiger partial charge on any atom is -0.295 e. The molecule has 3 N–H and O–H groups in total. The number of carbonyl (C=O) groups excluding carboxylic acids is 1. The van der Waals surface area contributed by atoms with Crippen LogP contribution in [-0.2, 0) is 4.79 Å². The van der Waals surface area contributed by atoms with Crippen molar-refractivity contribution in [2.24, 2.45) is 11.8 Å². The predicted molar refractivity (Wildman–Crippen MR) is 53.9 cm³/mol. The van der Waals surface area contributed by atoms with E-state index in [4.69, 9.17) is 5.84 Å². The van der Waals surface area contributed by atoms with Crippen LogP contribution in [0.3, 0.4) is 0 Å². The van der Waals surface area contributed by atoms with Gasteiger partial charge in [-0.2, -0.15) is 0 Å². The number of carbonyl (C=O) groups is 1. The van der Waals surface area contributed by atoms with Gasteiger partial charge in [0.1, 0.15) is 0 Å². The van der Waals surface area contributed by atoms with Gasteiger partial charge >= 0.3 is 0 Å². The Balaban J connectivity index is 4.32. The number of nitrogens with one attached hydrogen (secondary N) is 1. The first kappa shape index (κ1) is 12.4. The van der Waals surface area contributed by atoms with Crippen molar-refractivity contribution in [3.63, 3.8) is 0 Å². The lowest BCUT2D eigenvalue weighted by atomic mass is 10.0. The number of hydrogen-bond acceptors (Lipinski definition) is 3. The van der Waals surface area contributed by atoms with E-state index >= 15 is 0 Å². The van der Waals surface area contributed by atoms with E-state index in [1.54, 1.807) is 0 Å². The highest BCUT2D eigenvalue weighted by Crippen LogP contribution is 2.09. The van der Waals surface area contributed by atoms with Gasteiger partial charge in [0, 0.05) is 0 Å². The number of rotatable bonds is 5. The number of hydrogen-bond donors (Lipinski definition) is 2. The molecule has 1 amide bonds. The summed E-state index contributed by atoms with van der Waals surface area (Å²) >= 11 is 0. The van der Waals surface area contributed by atoms with Crippen molar-refractivity contribution in [1.82, 2.24) is 10.3 Å². The molecule has 0 bridgehead atoms. The Hall–Kier alpha value is -0.610. The molecule has 1 atom stereocenters. The summed E-state index contributed by atoms with van der Waals surface area (Å²) in [5.74, 6) is 5.29. The third-order valence-corrected chi connectivity index (χ3v) is 2.09. The summed E-state index contributed by atoms with van der Waals surface area (Å²) in [6.45, 7) is 7.04. The highest BCUT2D eigenvalue weighted by Gasteiger charge is 2.24. The second-order valence-corrected chi connectivity index (χ2v) is 3.68. The molecule has 4 nitrogen and oxygen atoms in total. The van der Waals surface area contributed by atoms with Crippen molar-refractivity contribution in [1.29, 1.82) is 0 Å². The van der Waals surface area contributed by atoms with Crippen LogP contribution in [-0.4, -0.2) is 30.4 Å². The minimum absolute atomic E-state index is 0.106. The molecule has 0 aromatic carbocycles. The average molecular weight is 187 g/mol. The van der Waals surface area contributed by atoms with Gasteiger partial charge in [-0.1, -0.05) is 20.8 Å². The second-order valence-electron chi connectivity index (χ2n) is 3.68. The lowest BCUT2D eigenvalue weighted by molar-refractivity contribution is -0.127. The standard InChI is InChI=1S/C9H21N3O/c1-5-6-12(4)8(7(2)3)9(13)11-10/h7-8H,5-6,10H2,1-4H3,(H,11,13). The molecular weight excluding hydrogens is 166 g/mol. The zero-order valence-corrected chi connectivity index (χ0v) is 9.00. The van der Waals surface area contributed by atoms with Crippen LogP contribution in [0.15, 0.2) is 0 Å². The third-order valence-electron chi connectivity index (χ3n) is 2.09. The van der Waals surface area contributed by atoms with Crippen molar-refractivity contribution in [2.45, 2.75) is 33.2 Å². The number of nitrogens with zero attached hydrogens (tertiary/aromatic N) is 1. The maximum atomic E-state index is 11.4. The van der Waals surface area contributed by atoms with Crippen LogP contribution in [0.4, 0.5) is 0 Å². The van der Waals surface area contributed by atoms with Crippen molar-refractivity contribution in [3.8, 4) is 0 Å². The highest BCUT2D eigenvalue weighted by molar-refractivity contribution is 5.81. The smallest absolute Gasteiger partial charge is 0.251 e. The summed E-state index contributed by atoms with van der Waals surface area (Å²) in [6.07, 6.45) is 1.04. The fourth-order valence-corrected chi connectivity index (χ4v) is 1.59. The molecule has 78 valence electrons. The third kappa shape index (κ3) is 3.74. The summed E-state index contributed by atoms with van der Waals surface area (Å²) in [5, 5.41) is 0. The van der Waals surface area contributed by atoms with Crippen LogP contribution in [0.2, 0.25) is 0 Å². The van der Waals surface area contributed by atoms with E-state index in [2.05, 4.69) is 12.3 Å². The Bertz CT molecular complexity index is 159. The van der Waals surface area contributed by atoms with Crippen molar-refractivity contribution in [2.75, 3.05) is 13.6 Å². The number of likely N-dealkylation sites (N-methyl/N-ethyl adjacent to an activating group) is 1. The summed E-state index contributed by atoms with van der Waals surface area (Å²) < 4.78 is 0. The topological polar surface area (TPSA) is 58.4 Å². The van der Waals surface area contributed by atoms with Crippen LogP contribution in [0.5, 0.6) is 0 Å². The van der Waals surface area contributed by atoms with E-state index in [1.807, 2.05) is 25.8 Å². The summed E-state index contributed by atoms with van der Waals surface area (Å²) in [6, 6.07) is -0.120. The second kappa shape index (κ2) is 5.94. The molecule has 0 aromatic rings. The van der Waals surface area contributed by atoms with E-state index in [0.717, 1.165) is 13.0 Å². The first-order chi connectivity index (χ1) is 6.04. The molecule has 0 aliphatic rings. The molecule has 0 saturated heterocycles. The lowest BCUT2D eigenvalue weighted by Gasteiger charge is -2.28. The van der Waals surface area contributed by atoms with Gasteiger partial charge in [0.15, 0.2) is 0 Å². The van der Waals surface area contributed by atoms with Crippen LogP contribution >= 0.6 is 0 Å². The SMILES string of the molecule is CCCN(C)C(C(=O)NN)C(C)C. The van der Waals surface area contributed by atoms with Crippen LogP contribution < -0.4 is 11.3 Å². The fraction of sp³-hybridized carbons (Fsp3) is 0.889. The van der Waals surface area contributed by atoms with E-state index in [-0.39, 0.29) is 17.9 Å². The Labute approximate surface area is 80.4 Å². The first-order valence-electron chi connectivity index (χ1n) is 4.75. The zero-order valence-electron chi connectivity index (χ0n) is 9.00. The maximum Gasteiger partial charge on any atom is 0.251 e. The fourth-order valence-electron chi connectivity index (χ4n) is 1.59. The number of amides is 1. The minimum atomic E-state index is -0.120. The Morgan fingerprint density at radius 2 is 2.08 bits per heavy atom. The normalized spacial score (nSPS) is 13.5. The Morgan fingerprint density at radius 1 is 1.54 bits per heavy atom. The lowest BCUT2D eigenvalue weighted by Crippen LogP contribution is -2.50. The molecule has 0 radical (unpaired) electrons. The van der Waals surface area contributed by atoms with Gasteiger partial charge in [0.05, 0.1) is 6.04 Å². The highest BCUT2D eigenvalue weighted by atomic mass is 16.2. The molecule has 0 heterocycles. The molecule has 0 spiro atoms. The van der Waals surface area contributed by atoms with Crippen LogP contribution in [0.1, 0.15) is 27.2 Å².